The molecule has 1 aliphatic rings. The molecule has 3 aromatic rings. The molecule has 0 amide bonds. The average molecular weight is 424 g/mol. The summed E-state index contributed by atoms with van der Waals surface area (Å²) in [6, 6.07) is 17.4. The van der Waals surface area contributed by atoms with Gasteiger partial charge in [-0.2, -0.15) is 0 Å². The molecule has 2 heterocycles. The molecule has 1 atom stereocenters. The number of para-hydroxylation sites is 1. The van der Waals surface area contributed by atoms with E-state index >= 15 is 0 Å². The van der Waals surface area contributed by atoms with Crippen molar-refractivity contribution in [2.75, 3.05) is 25.6 Å². The van der Waals surface area contributed by atoms with Gasteiger partial charge in [-0.1, -0.05) is 18.2 Å². The molecule has 4 rings (SSSR count). The van der Waals surface area contributed by atoms with Gasteiger partial charge in [0.25, 0.3) is 5.56 Å². The fraction of sp³-hybridized carbons (Fsp3) is 0.304. The van der Waals surface area contributed by atoms with E-state index in [0.29, 0.717) is 29.5 Å². The number of pyridine rings is 1. The predicted molar refractivity (Wildman–Crippen MR) is 123 cm³/mol. The smallest absolute Gasteiger partial charge is 0.253 e. The van der Waals surface area contributed by atoms with Crippen molar-refractivity contribution in [1.29, 1.82) is 0 Å². The maximum absolute atomic E-state index is 12.8. The van der Waals surface area contributed by atoms with Gasteiger partial charge < -0.3 is 24.7 Å². The summed E-state index contributed by atoms with van der Waals surface area (Å²) in [4.78, 5) is 17.7. The lowest BCUT2D eigenvalue weighted by Crippen LogP contribution is -2.40. The van der Waals surface area contributed by atoms with Crippen LogP contribution in [-0.2, 0) is 11.3 Å². The van der Waals surface area contributed by atoms with Crippen molar-refractivity contribution in [3.8, 4) is 5.75 Å². The first-order valence-electron chi connectivity index (χ1n) is 10.0. The zero-order valence-electron chi connectivity index (χ0n) is 16.9. The third-order valence-electron chi connectivity index (χ3n) is 5.25. The molecule has 0 spiro atoms. The Hall–Kier alpha value is -2.90. The topological polar surface area (TPSA) is 66.6 Å². The largest absolute Gasteiger partial charge is 0.497 e. The molecule has 2 aromatic carbocycles. The Labute approximate surface area is 180 Å². The SMILES string of the molecule is COc1ccc2cc(CN(C[C@@H]3CCCO3)C(=S)Nc3ccccc3)c(=O)[nH]c2c1. The third kappa shape index (κ3) is 4.80. The van der Waals surface area contributed by atoms with Crippen molar-refractivity contribution in [3.05, 3.63) is 70.5 Å². The van der Waals surface area contributed by atoms with E-state index in [2.05, 4.69) is 10.3 Å². The molecule has 6 nitrogen and oxygen atoms in total. The number of thiocarbonyl (C=S) groups is 1. The van der Waals surface area contributed by atoms with E-state index in [1.54, 1.807) is 7.11 Å². The molecule has 30 heavy (non-hydrogen) atoms. The van der Waals surface area contributed by atoms with E-state index in [0.717, 1.165) is 36.0 Å². The Balaban J connectivity index is 1.59. The van der Waals surface area contributed by atoms with Gasteiger partial charge in [0.1, 0.15) is 5.75 Å². The van der Waals surface area contributed by atoms with E-state index in [1.165, 1.54) is 0 Å². The van der Waals surface area contributed by atoms with Crippen LogP contribution in [0.15, 0.2) is 59.4 Å². The first-order valence-corrected chi connectivity index (χ1v) is 10.5. The average Bonchev–Trinajstić information content (AvgIpc) is 3.27. The summed E-state index contributed by atoms with van der Waals surface area (Å²) in [5.41, 5.74) is 2.19. The second kappa shape index (κ2) is 9.28. The normalized spacial score (nSPS) is 15.8. The van der Waals surface area contributed by atoms with Crippen molar-refractivity contribution in [2.45, 2.75) is 25.5 Å². The van der Waals surface area contributed by atoms with Gasteiger partial charge in [0, 0.05) is 30.5 Å². The zero-order chi connectivity index (χ0) is 20.9. The van der Waals surface area contributed by atoms with Crippen molar-refractivity contribution < 1.29 is 9.47 Å². The van der Waals surface area contributed by atoms with E-state index in [1.807, 2.05) is 59.5 Å². The predicted octanol–water partition coefficient (Wildman–Crippen LogP) is 3.91. The minimum atomic E-state index is -0.129. The molecule has 156 valence electrons. The fourth-order valence-electron chi connectivity index (χ4n) is 3.65. The summed E-state index contributed by atoms with van der Waals surface area (Å²) in [6.07, 6.45) is 2.16. The van der Waals surface area contributed by atoms with Crippen molar-refractivity contribution in [3.63, 3.8) is 0 Å². The van der Waals surface area contributed by atoms with Gasteiger partial charge in [-0.05, 0) is 60.8 Å². The number of methoxy groups -OCH3 is 1. The Morgan fingerprint density at radius 3 is 2.83 bits per heavy atom. The van der Waals surface area contributed by atoms with Crippen molar-refractivity contribution in [1.82, 2.24) is 9.88 Å². The first-order chi connectivity index (χ1) is 14.6. The summed E-state index contributed by atoms with van der Waals surface area (Å²) in [5.74, 6) is 0.708. The van der Waals surface area contributed by atoms with Crippen LogP contribution in [0.25, 0.3) is 10.9 Å². The molecule has 1 aliphatic heterocycles. The first kappa shape index (κ1) is 20.4. The minimum absolute atomic E-state index is 0.115. The Kier molecular flexibility index (Phi) is 6.30. The summed E-state index contributed by atoms with van der Waals surface area (Å²) in [7, 11) is 1.61. The molecular formula is C23H25N3O3S. The molecule has 1 fully saturated rings. The number of benzene rings is 2. The molecular weight excluding hydrogens is 398 g/mol. The van der Waals surface area contributed by atoms with Crippen LogP contribution >= 0.6 is 12.2 Å². The van der Waals surface area contributed by atoms with Gasteiger partial charge in [0.05, 0.1) is 25.3 Å². The highest BCUT2D eigenvalue weighted by molar-refractivity contribution is 7.80. The van der Waals surface area contributed by atoms with Gasteiger partial charge in [-0.15, -0.1) is 0 Å². The summed E-state index contributed by atoms with van der Waals surface area (Å²) in [5, 5.41) is 4.80. The van der Waals surface area contributed by atoms with E-state index in [4.69, 9.17) is 21.7 Å². The molecule has 0 radical (unpaired) electrons. The Bertz CT molecular complexity index is 1080. The zero-order valence-corrected chi connectivity index (χ0v) is 17.7. The maximum atomic E-state index is 12.8. The van der Waals surface area contributed by atoms with Crippen LogP contribution in [0.4, 0.5) is 5.69 Å². The van der Waals surface area contributed by atoms with Gasteiger partial charge in [0.2, 0.25) is 0 Å². The van der Waals surface area contributed by atoms with Gasteiger partial charge in [-0.3, -0.25) is 4.79 Å². The van der Waals surface area contributed by atoms with Crippen LogP contribution in [0.1, 0.15) is 18.4 Å². The fourth-order valence-corrected chi connectivity index (χ4v) is 3.91. The lowest BCUT2D eigenvalue weighted by molar-refractivity contribution is 0.0904. The third-order valence-corrected chi connectivity index (χ3v) is 5.61. The number of anilines is 1. The van der Waals surface area contributed by atoms with E-state index in [9.17, 15) is 4.79 Å². The monoisotopic (exact) mass is 423 g/mol. The van der Waals surface area contributed by atoms with Gasteiger partial charge in [-0.25, -0.2) is 0 Å². The minimum Gasteiger partial charge on any atom is -0.497 e. The van der Waals surface area contributed by atoms with Crippen LogP contribution < -0.4 is 15.6 Å². The standard InChI is InChI=1S/C23H25N3O3S/c1-28-19-10-9-16-12-17(22(27)25-21(16)13-19)14-26(15-20-8-5-11-29-20)23(30)24-18-6-3-2-4-7-18/h2-4,6-7,9-10,12-13,20H,5,8,11,14-15H2,1H3,(H,24,30)(H,25,27)/t20-/m0/s1. The molecule has 1 saturated heterocycles. The van der Waals surface area contributed by atoms with Gasteiger partial charge >= 0.3 is 0 Å². The number of hydrogen-bond acceptors (Lipinski definition) is 4. The molecule has 7 heteroatoms. The second-order valence-corrected chi connectivity index (χ2v) is 7.78. The second-order valence-electron chi connectivity index (χ2n) is 7.39. The molecule has 0 unspecified atom stereocenters. The molecule has 2 N–H and O–H groups in total. The number of nitrogens with zero attached hydrogens (tertiary/aromatic N) is 1. The van der Waals surface area contributed by atoms with E-state index in [-0.39, 0.29) is 11.7 Å². The van der Waals surface area contributed by atoms with Crippen molar-refractivity contribution in [2.24, 2.45) is 0 Å². The number of H-pyrrole nitrogens is 1. The molecule has 1 aromatic heterocycles. The lowest BCUT2D eigenvalue weighted by Gasteiger charge is -2.28. The number of hydrogen-bond donors (Lipinski definition) is 2. The van der Waals surface area contributed by atoms with Crippen LogP contribution in [0, 0.1) is 0 Å². The Morgan fingerprint density at radius 1 is 1.27 bits per heavy atom. The highest BCUT2D eigenvalue weighted by Gasteiger charge is 2.22. The lowest BCUT2D eigenvalue weighted by atomic mass is 10.1. The van der Waals surface area contributed by atoms with Crippen LogP contribution in [0.2, 0.25) is 0 Å². The van der Waals surface area contributed by atoms with Crippen LogP contribution in [0.5, 0.6) is 5.75 Å². The van der Waals surface area contributed by atoms with Crippen LogP contribution in [-0.4, -0.2) is 41.4 Å². The highest BCUT2D eigenvalue weighted by Crippen LogP contribution is 2.20. The summed E-state index contributed by atoms with van der Waals surface area (Å²) >= 11 is 5.69. The number of ether oxygens (including phenoxy) is 2. The van der Waals surface area contributed by atoms with Crippen LogP contribution in [0.3, 0.4) is 0 Å². The van der Waals surface area contributed by atoms with Crippen molar-refractivity contribution >= 4 is 33.9 Å². The molecule has 0 bridgehead atoms. The number of fused-ring (bicyclic) bond motifs is 1. The summed E-state index contributed by atoms with van der Waals surface area (Å²) in [6.45, 7) is 1.81. The summed E-state index contributed by atoms with van der Waals surface area (Å²) < 4.78 is 11.1. The molecule has 0 saturated carbocycles. The highest BCUT2D eigenvalue weighted by atomic mass is 32.1. The number of aromatic amines is 1. The Morgan fingerprint density at radius 2 is 2.10 bits per heavy atom. The number of aromatic nitrogens is 1. The quantitative estimate of drug-likeness (QED) is 0.586. The van der Waals surface area contributed by atoms with E-state index < -0.39 is 0 Å². The molecule has 0 aliphatic carbocycles. The number of rotatable bonds is 6. The maximum Gasteiger partial charge on any atom is 0.253 e. The van der Waals surface area contributed by atoms with Gasteiger partial charge in [0.15, 0.2) is 5.11 Å². The number of nitrogens with one attached hydrogen (secondary N) is 2.